The zero-order valence-electron chi connectivity index (χ0n) is 17.0. The average molecular weight is 392 g/mol. The summed E-state index contributed by atoms with van der Waals surface area (Å²) in [5.74, 6) is 0.430. The Bertz CT molecular complexity index is 854. The lowest BCUT2D eigenvalue weighted by molar-refractivity contribution is 0.0646. The van der Waals surface area contributed by atoms with Crippen molar-refractivity contribution in [1.29, 1.82) is 0 Å². The quantitative estimate of drug-likeness (QED) is 0.521. The Hall–Kier alpha value is -2.66. The lowest BCUT2D eigenvalue weighted by Gasteiger charge is -2.32. The fourth-order valence-corrected chi connectivity index (χ4v) is 4.24. The first-order valence-corrected chi connectivity index (χ1v) is 10.6. The SMILES string of the molecule is CC(c1cccc(OCCCN2C(=O)c3ccccc3C2=O)c1)N1CCCCC1. The number of imide groups is 1. The normalized spacial score (nSPS) is 18.0. The first-order chi connectivity index (χ1) is 14.1. The Labute approximate surface area is 172 Å². The first-order valence-electron chi connectivity index (χ1n) is 10.6. The van der Waals surface area contributed by atoms with Crippen molar-refractivity contribution in [2.24, 2.45) is 0 Å². The highest BCUT2D eigenvalue weighted by Crippen LogP contribution is 2.27. The fourth-order valence-electron chi connectivity index (χ4n) is 4.24. The zero-order chi connectivity index (χ0) is 20.2. The van der Waals surface area contributed by atoms with E-state index in [1.165, 1.54) is 29.7 Å². The number of hydrogen-bond acceptors (Lipinski definition) is 4. The number of amides is 2. The van der Waals surface area contributed by atoms with Gasteiger partial charge in [-0.3, -0.25) is 19.4 Å². The van der Waals surface area contributed by atoms with Gasteiger partial charge in [-0.1, -0.05) is 30.7 Å². The van der Waals surface area contributed by atoms with E-state index in [4.69, 9.17) is 4.74 Å². The van der Waals surface area contributed by atoms with Crippen LogP contribution in [0.5, 0.6) is 5.75 Å². The summed E-state index contributed by atoms with van der Waals surface area (Å²) in [4.78, 5) is 28.7. The molecule has 29 heavy (non-hydrogen) atoms. The fraction of sp³-hybridized carbons (Fsp3) is 0.417. The van der Waals surface area contributed by atoms with Gasteiger partial charge < -0.3 is 4.74 Å². The highest BCUT2D eigenvalue weighted by atomic mass is 16.5. The number of fused-ring (bicyclic) bond motifs is 1. The second kappa shape index (κ2) is 8.78. The molecule has 4 rings (SSSR count). The predicted octanol–water partition coefficient (Wildman–Crippen LogP) is 4.30. The van der Waals surface area contributed by atoms with Gasteiger partial charge in [0, 0.05) is 12.6 Å². The Morgan fingerprint density at radius 1 is 0.931 bits per heavy atom. The maximum Gasteiger partial charge on any atom is 0.261 e. The van der Waals surface area contributed by atoms with Crippen LogP contribution >= 0.6 is 0 Å². The molecule has 2 heterocycles. The van der Waals surface area contributed by atoms with Gasteiger partial charge in [-0.25, -0.2) is 0 Å². The standard InChI is InChI=1S/C24H28N2O3/c1-18(25-13-5-2-6-14-25)19-9-7-10-20(17-19)29-16-8-15-26-23(27)21-11-3-4-12-22(21)24(26)28/h3-4,7,9-12,17-18H,2,5-6,8,13-16H2,1H3. The number of hydrogen-bond donors (Lipinski definition) is 0. The number of carbonyl (C=O) groups excluding carboxylic acids is 2. The van der Waals surface area contributed by atoms with E-state index in [9.17, 15) is 9.59 Å². The summed E-state index contributed by atoms with van der Waals surface area (Å²) < 4.78 is 5.92. The van der Waals surface area contributed by atoms with Crippen LogP contribution in [0.1, 0.15) is 64.9 Å². The van der Waals surface area contributed by atoms with Crippen LogP contribution in [0.25, 0.3) is 0 Å². The summed E-state index contributed by atoms with van der Waals surface area (Å²) in [5.41, 5.74) is 2.26. The number of nitrogens with zero attached hydrogens (tertiary/aromatic N) is 2. The van der Waals surface area contributed by atoms with Crippen molar-refractivity contribution in [2.45, 2.75) is 38.6 Å². The molecule has 2 aromatic rings. The van der Waals surface area contributed by atoms with Gasteiger partial charge in [0.1, 0.15) is 5.75 Å². The van der Waals surface area contributed by atoms with Crippen molar-refractivity contribution >= 4 is 11.8 Å². The van der Waals surface area contributed by atoms with Gasteiger partial charge in [-0.2, -0.15) is 0 Å². The number of ether oxygens (including phenoxy) is 1. The van der Waals surface area contributed by atoms with Crippen molar-refractivity contribution in [2.75, 3.05) is 26.2 Å². The molecule has 2 aliphatic heterocycles. The molecule has 0 spiro atoms. The molecule has 1 fully saturated rings. The number of rotatable bonds is 7. The summed E-state index contributed by atoms with van der Waals surface area (Å²) in [7, 11) is 0. The molecule has 0 aliphatic carbocycles. The van der Waals surface area contributed by atoms with Gasteiger partial charge in [0.25, 0.3) is 11.8 Å². The Morgan fingerprint density at radius 2 is 1.62 bits per heavy atom. The van der Waals surface area contributed by atoms with E-state index < -0.39 is 0 Å². The lowest BCUT2D eigenvalue weighted by Crippen LogP contribution is -2.32. The second-order valence-corrected chi connectivity index (χ2v) is 7.85. The molecular formula is C24H28N2O3. The van der Waals surface area contributed by atoms with Crippen molar-refractivity contribution in [3.8, 4) is 5.75 Å². The molecule has 2 aromatic carbocycles. The van der Waals surface area contributed by atoms with Gasteiger partial charge in [-0.15, -0.1) is 0 Å². The molecular weight excluding hydrogens is 364 g/mol. The van der Waals surface area contributed by atoms with Crippen LogP contribution in [0, 0.1) is 0 Å². The average Bonchev–Trinajstić information content (AvgIpc) is 3.02. The highest BCUT2D eigenvalue weighted by Gasteiger charge is 2.34. The summed E-state index contributed by atoms with van der Waals surface area (Å²) in [6.45, 7) is 5.41. The molecule has 2 aliphatic rings. The minimum absolute atomic E-state index is 0.206. The van der Waals surface area contributed by atoms with Crippen LogP contribution < -0.4 is 4.74 Å². The molecule has 5 heteroatoms. The molecule has 2 amide bonds. The topological polar surface area (TPSA) is 49.9 Å². The number of benzene rings is 2. The van der Waals surface area contributed by atoms with E-state index in [1.807, 2.05) is 12.1 Å². The Balaban J connectivity index is 1.29. The van der Waals surface area contributed by atoms with Crippen molar-refractivity contribution in [3.63, 3.8) is 0 Å². The van der Waals surface area contributed by atoms with E-state index in [1.54, 1.807) is 24.3 Å². The first kappa shape index (κ1) is 19.6. The maximum atomic E-state index is 12.4. The maximum absolute atomic E-state index is 12.4. The molecule has 0 bridgehead atoms. The van der Waals surface area contributed by atoms with Crippen LogP contribution in [0.3, 0.4) is 0 Å². The van der Waals surface area contributed by atoms with Crippen LogP contribution in [-0.2, 0) is 0 Å². The van der Waals surface area contributed by atoms with Crippen molar-refractivity contribution in [1.82, 2.24) is 9.80 Å². The molecule has 1 saturated heterocycles. The third kappa shape index (κ3) is 4.20. The van der Waals surface area contributed by atoms with Crippen molar-refractivity contribution < 1.29 is 14.3 Å². The zero-order valence-corrected chi connectivity index (χ0v) is 17.0. The monoisotopic (exact) mass is 392 g/mol. The van der Waals surface area contributed by atoms with Gasteiger partial charge >= 0.3 is 0 Å². The molecule has 0 N–H and O–H groups in total. The van der Waals surface area contributed by atoms with E-state index >= 15 is 0 Å². The summed E-state index contributed by atoms with van der Waals surface area (Å²) >= 11 is 0. The molecule has 0 saturated carbocycles. The lowest BCUT2D eigenvalue weighted by atomic mass is 10.0. The predicted molar refractivity (Wildman–Crippen MR) is 112 cm³/mol. The highest BCUT2D eigenvalue weighted by molar-refractivity contribution is 6.21. The molecule has 1 atom stereocenters. The van der Waals surface area contributed by atoms with Crippen LogP contribution in [-0.4, -0.2) is 47.9 Å². The molecule has 152 valence electrons. The Kier molecular flexibility index (Phi) is 5.95. The van der Waals surface area contributed by atoms with Crippen LogP contribution in [0.2, 0.25) is 0 Å². The van der Waals surface area contributed by atoms with Gasteiger partial charge in [0.05, 0.1) is 17.7 Å². The smallest absolute Gasteiger partial charge is 0.261 e. The third-order valence-corrected chi connectivity index (χ3v) is 5.95. The minimum atomic E-state index is -0.206. The molecule has 0 radical (unpaired) electrons. The van der Waals surface area contributed by atoms with E-state index in [0.29, 0.717) is 36.7 Å². The number of piperidine rings is 1. The van der Waals surface area contributed by atoms with Gasteiger partial charge in [0.2, 0.25) is 0 Å². The van der Waals surface area contributed by atoms with E-state index in [2.05, 4.69) is 24.0 Å². The number of carbonyl (C=O) groups is 2. The van der Waals surface area contributed by atoms with Gasteiger partial charge in [-0.05, 0) is 69.1 Å². The summed E-state index contributed by atoms with van der Waals surface area (Å²) in [6, 6.07) is 15.7. The summed E-state index contributed by atoms with van der Waals surface area (Å²) in [5, 5.41) is 0. The Morgan fingerprint density at radius 3 is 2.31 bits per heavy atom. The molecule has 1 unspecified atom stereocenters. The van der Waals surface area contributed by atoms with E-state index in [-0.39, 0.29) is 11.8 Å². The second-order valence-electron chi connectivity index (χ2n) is 7.85. The van der Waals surface area contributed by atoms with Gasteiger partial charge in [0.15, 0.2) is 0 Å². The molecule has 5 nitrogen and oxygen atoms in total. The van der Waals surface area contributed by atoms with Crippen molar-refractivity contribution in [3.05, 3.63) is 65.2 Å². The van der Waals surface area contributed by atoms with Crippen LogP contribution in [0.15, 0.2) is 48.5 Å². The van der Waals surface area contributed by atoms with Crippen LogP contribution in [0.4, 0.5) is 0 Å². The number of likely N-dealkylation sites (tertiary alicyclic amines) is 1. The molecule has 0 aromatic heterocycles. The largest absolute Gasteiger partial charge is 0.494 e. The third-order valence-electron chi connectivity index (χ3n) is 5.95. The van der Waals surface area contributed by atoms with E-state index in [0.717, 1.165) is 18.8 Å². The summed E-state index contributed by atoms with van der Waals surface area (Å²) in [6.07, 6.45) is 4.49. The minimum Gasteiger partial charge on any atom is -0.494 e.